The summed E-state index contributed by atoms with van der Waals surface area (Å²) >= 11 is 0. The van der Waals surface area contributed by atoms with Crippen LogP contribution in [0.25, 0.3) is 0 Å². The van der Waals surface area contributed by atoms with Gasteiger partial charge < -0.3 is 15.0 Å². The molecule has 1 rings (SSSR count). The van der Waals surface area contributed by atoms with Gasteiger partial charge in [0, 0.05) is 0 Å². The van der Waals surface area contributed by atoms with Gasteiger partial charge in [-0.2, -0.15) is 0 Å². The topological polar surface area (TPSA) is 60.8 Å². The molecule has 1 aliphatic rings. The van der Waals surface area contributed by atoms with Gasteiger partial charge in [0.05, 0.1) is 12.3 Å². The van der Waals surface area contributed by atoms with E-state index in [1.54, 1.807) is 7.98 Å². The van der Waals surface area contributed by atoms with Crippen LogP contribution in [-0.2, 0) is 4.79 Å². The number of carboxylic acid groups (broad SMARTS) is 1. The second-order valence-electron chi connectivity index (χ2n) is 2.58. The van der Waals surface area contributed by atoms with Crippen molar-refractivity contribution in [1.82, 2.24) is 4.81 Å². The molecule has 1 saturated heterocycles. The number of aliphatic hydroxyl groups is 1. The van der Waals surface area contributed by atoms with E-state index in [1.165, 1.54) is 4.81 Å². The highest BCUT2D eigenvalue weighted by Crippen LogP contribution is 2.19. The van der Waals surface area contributed by atoms with Crippen molar-refractivity contribution in [2.75, 3.05) is 0 Å². The minimum absolute atomic E-state index is 0.491. The molecule has 1 heterocycles. The van der Waals surface area contributed by atoms with Gasteiger partial charge in [0.15, 0.2) is 7.98 Å². The van der Waals surface area contributed by atoms with Gasteiger partial charge in [-0.25, -0.2) is 0 Å². The van der Waals surface area contributed by atoms with Crippen molar-refractivity contribution in [2.45, 2.75) is 25.1 Å². The third kappa shape index (κ3) is 1.15. The van der Waals surface area contributed by atoms with Gasteiger partial charge in [-0.1, -0.05) is 0 Å². The normalized spacial score (nSPS) is 34.5. The monoisotopic (exact) mass is 143 g/mol. The van der Waals surface area contributed by atoms with E-state index < -0.39 is 18.2 Å². The Kier molecular flexibility index (Phi) is 1.96. The lowest BCUT2D eigenvalue weighted by molar-refractivity contribution is -0.141. The summed E-state index contributed by atoms with van der Waals surface area (Å²) in [5, 5.41) is 17.6. The van der Waals surface area contributed by atoms with E-state index in [0.717, 1.165) is 0 Å². The molecule has 56 valence electrons. The first-order valence-corrected chi connectivity index (χ1v) is 3.25. The van der Waals surface area contributed by atoms with Gasteiger partial charge in [0.1, 0.15) is 0 Å². The minimum Gasteiger partial charge on any atom is -0.480 e. The molecule has 10 heavy (non-hydrogen) atoms. The molecular weight excluding hydrogens is 133 g/mol. The quantitative estimate of drug-likeness (QED) is 0.434. The summed E-state index contributed by atoms with van der Waals surface area (Å²) in [5.41, 5.74) is 0. The van der Waals surface area contributed by atoms with Crippen molar-refractivity contribution in [2.24, 2.45) is 0 Å². The molecule has 0 bridgehead atoms. The second kappa shape index (κ2) is 2.60. The maximum atomic E-state index is 10.4. The molecule has 2 atom stereocenters. The Bertz CT molecular complexity index is 152. The van der Waals surface area contributed by atoms with Crippen molar-refractivity contribution < 1.29 is 15.0 Å². The third-order valence-electron chi connectivity index (χ3n) is 1.95. The zero-order valence-electron chi connectivity index (χ0n) is 5.82. The fraction of sp³-hybridized carbons (Fsp3) is 0.800. The van der Waals surface area contributed by atoms with E-state index in [-0.39, 0.29) is 0 Å². The molecule has 0 spiro atoms. The highest BCUT2D eigenvalue weighted by Gasteiger charge is 2.32. The van der Waals surface area contributed by atoms with Gasteiger partial charge >= 0.3 is 5.97 Å². The maximum Gasteiger partial charge on any atom is 0.319 e. The number of hydrogen-bond acceptors (Lipinski definition) is 3. The maximum absolute atomic E-state index is 10.4. The standard InChI is InChI=1S/C5H10BNO3/c6-7-3(5(9)10)1-2-4(7)8/h3-4,8H,1-2,6H2,(H,9,10). The van der Waals surface area contributed by atoms with Crippen molar-refractivity contribution in [1.29, 1.82) is 0 Å². The first kappa shape index (κ1) is 7.56. The summed E-state index contributed by atoms with van der Waals surface area (Å²) in [6, 6.07) is -0.491. The Morgan fingerprint density at radius 2 is 2.20 bits per heavy atom. The number of hydrogen-bond donors (Lipinski definition) is 2. The van der Waals surface area contributed by atoms with Gasteiger partial charge in [0.2, 0.25) is 0 Å². The molecule has 5 heteroatoms. The molecular formula is C5H10BNO3. The molecule has 4 nitrogen and oxygen atoms in total. The van der Waals surface area contributed by atoms with Crippen LogP contribution in [0, 0.1) is 0 Å². The minimum atomic E-state index is -0.848. The van der Waals surface area contributed by atoms with Crippen LogP contribution < -0.4 is 0 Å². The molecule has 0 saturated carbocycles. The number of nitrogens with zero attached hydrogens (tertiary/aromatic N) is 1. The molecule has 2 unspecified atom stereocenters. The van der Waals surface area contributed by atoms with Gasteiger partial charge in [-0.05, 0) is 12.8 Å². The van der Waals surface area contributed by atoms with E-state index >= 15 is 0 Å². The average molecular weight is 143 g/mol. The predicted octanol–water partition coefficient (Wildman–Crippen LogP) is -1.60. The highest BCUT2D eigenvalue weighted by atomic mass is 16.4. The van der Waals surface area contributed by atoms with E-state index in [4.69, 9.17) is 10.2 Å². The lowest BCUT2D eigenvalue weighted by Crippen LogP contribution is -2.38. The van der Waals surface area contributed by atoms with Crippen LogP contribution in [0.5, 0.6) is 0 Å². The SMILES string of the molecule is BN1C(O)CCC1C(=O)O. The van der Waals surface area contributed by atoms with Gasteiger partial charge in [-0.15, -0.1) is 0 Å². The molecule has 1 aliphatic heterocycles. The van der Waals surface area contributed by atoms with Crippen molar-refractivity contribution in [3.63, 3.8) is 0 Å². The lowest BCUT2D eigenvalue weighted by Gasteiger charge is -2.18. The molecule has 1 fully saturated rings. The second-order valence-corrected chi connectivity index (χ2v) is 2.58. The number of rotatable bonds is 1. The number of carbonyl (C=O) groups is 1. The van der Waals surface area contributed by atoms with Gasteiger partial charge in [0.25, 0.3) is 0 Å². The zero-order valence-corrected chi connectivity index (χ0v) is 5.82. The van der Waals surface area contributed by atoms with Crippen LogP contribution in [0.15, 0.2) is 0 Å². The Morgan fingerprint density at radius 1 is 1.60 bits per heavy atom. The highest BCUT2D eigenvalue weighted by molar-refractivity contribution is 6.06. The Morgan fingerprint density at radius 3 is 2.40 bits per heavy atom. The third-order valence-corrected chi connectivity index (χ3v) is 1.95. The first-order valence-electron chi connectivity index (χ1n) is 3.25. The van der Waals surface area contributed by atoms with E-state index in [2.05, 4.69) is 0 Å². The van der Waals surface area contributed by atoms with Crippen molar-refractivity contribution in [3.8, 4) is 0 Å². The Hall–Kier alpha value is -0.545. The Balaban J connectivity index is 2.57. The van der Waals surface area contributed by atoms with Crippen molar-refractivity contribution in [3.05, 3.63) is 0 Å². The van der Waals surface area contributed by atoms with Crippen LogP contribution in [0.2, 0.25) is 0 Å². The summed E-state index contributed by atoms with van der Waals surface area (Å²) in [4.78, 5) is 11.9. The van der Waals surface area contributed by atoms with Gasteiger partial charge in [-0.3, -0.25) is 4.79 Å². The molecule has 0 radical (unpaired) electrons. The van der Waals surface area contributed by atoms with Crippen LogP contribution >= 0.6 is 0 Å². The summed E-state index contributed by atoms with van der Waals surface area (Å²) in [5.74, 6) is -0.848. The van der Waals surface area contributed by atoms with E-state index in [9.17, 15) is 4.79 Å². The summed E-state index contributed by atoms with van der Waals surface area (Å²) in [7, 11) is 1.62. The fourth-order valence-corrected chi connectivity index (χ4v) is 1.22. The fourth-order valence-electron chi connectivity index (χ4n) is 1.22. The summed E-state index contributed by atoms with van der Waals surface area (Å²) in [6.45, 7) is 0. The lowest BCUT2D eigenvalue weighted by atomic mass is 10.2. The first-order chi connectivity index (χ1) is 4.63. The molecule has 0 aliphatic carbocycles. The van der Waals surface area contributed by atoms with Crippen molar-refractivity contribution >= 4 is 14.0 Å². The summed E-state index contributed by atoms with van der Waals surface area (Å²) in [6.07, 6.45) is 0.543. The number of aliphatic hydroxyl groups excluding tert-OH is 1. The smallest absolute Gasteiger partial charge is 0.319 e. The molecule has 0 aromatic heterocycles. The molecule has 2 N–H and O–H groups in total. The summed E-state index contributed by atoms with van der Waals surface area (Å²) < 4.78 is 0. The van der Waals surface area contributed by atoms with Crippen LogP contribution in [0.3, 0.4) is 0 Å². The molecule has 0 amide bonds. The van der Waals surface area contributed by atoms with Crippen LogP contribution in [-0.4, -0.2) is 41.2 Å². The van der Waals surface area contributed by atoms with E-state index in [1.807, 2.05) is 0 Å². The van der Waals surface area contributed by atoms with Crippen LogP contribution in [0.1, 0.15) is 12.8 Å². The predicted molar refractivity (Wildman–Crippen MR) is 37.0 cm³/mol. The largest absolute Gasteiger partial charge is 0.480 e. The zero-order chi connectivity index (χ0) is 7.72. The number of carboxylic acids is 1. The van der Waals surface area contributed by atoms with E-state index in [0.29, 0.717) is 12.8 Å². The van der Waals surface area contributed by atoms with Crippen LogP contribution in [0.4, 0.5) is 0 Å². The Labute approximate surface area is 59.9 Å². The molecule has 0 aromatic rings. The molecule has 0 aromatic carbocycles. The number of aliphatic carboxylic acids is 1. The average Bonchev–Trinajstić information content (AvgIpc) is 2.14.